The molecule has 0 bridgehead atoms. The number of rotatable bonds is 5. The molecule has 1 aliphatic rings. The molecular formula is C17H19N5O3. The van der Waals surface area contributed by atoms with Crippen molar-refractivity contribution in [2.45, 2.75) is 32.4 Å². The average Bonchev–Trinajstić information content (AvgIpc) is 3.35. The number of nitrogens with one attached hydrogen (secondary N) is 2. The Morgan fingerprint density at radius 3 is 3.00 bits per heavy atom. The summed E-state index contributed by atoms with van der Waals surface area (Å²) < 4.78 is 7.30. The van der Waals surface area contributed by atoms with Crippen molar-refractivity contribution in [3.8, 4) is 0 Å². The van der Waals surface area contributed by atoms with Gasteiger partial charge in [-0.3, -0.25) is 9.48 Å². The van der Waals surface area contributed by atoms with Crippen LogP contribution in [0.2, 0.25) is 0 Å². The summed E-state index contributed by atoms with van der Waals surface area (Å²) in [5.41, 5.74) is 3.22. The predicted octanol–water partition coefficient (Wildman–Crippen LogP) is 1.36. The van der Waals surface area contributed by atoms with Crippen molar-refractivity contribution < 1.29 is 9.21 Å². The first kappa shape index (κ1) is 15.5. The van der Waals surface area contributed by atoms with Gasteiger partial charge in [-0.15, -0.1) is 0 Å². The van der Waals surface area contributed by atoms with E-state index in [1.165, 1.54) is 17.5 Å². The van der Waals surface area contributed by atoms with Crippen LogP contribution in [0.5, 0.6) is 0 Å². The molecule has 0 spiro atoms. The van der Waals surface area contributed by atoms with Gasteiger partial charge >= 0.3 is 5.69 Å². The van der Waals surface area contributed by atoms with Crippen LogP contribution in [0.1, 0.15) is 39.6 Å². The third-order valence-corrected chi connectivity index (χ3v) is 4.58. The van der Waals surface area contributed by atoms with E-state index < -0.39 is 5.69 Å². The average molecular weight is 341 g/mol. The highest BCUT2D eigenvalue weighted by molar-refractivity contribution is 5.92. The number of amides is 1. The number of imidazole rings is 1. The van der Waals surface area contributed by atoms with Crippen molar-refractivity contribution in [1.29, 1.82) is 0 Å². The van der Waals surface area contributed by atoms with E-state index in [4.69, 9.17) is 4.42 Å². The Morgan fingerprint density at radius 2 is 2.28 bits per heavy atom. The van der Waals surface area contributed by atoms with Crippen molar-refractivity contribution >= 4 is 5.91 Å². The number of H-pyrrole nitrogens is 2. The fourth-order valence-electron chi connectivity index (χ4n) is 3.41. The fraction of sp³-hybridized carbons (Fsp3) is 0.353. The summed E-state index contributed by atoms with van der Waals surface area (Å²) >= 11 is 0. The summed E-state index contributed by atoms with van der Waals surface area (Å²) in [5, 5.41) is 4.60. The minimum Gasteiger partial charge on any atom is -0.467 e. The lowest BCUT2D eigenvalue weighted by Crippen LogP contribution is -2.31. The summed E-state index contributed by atoms with van der Waals surface area (Å²) in [6.45, 7) is 0.681. The molecule has 1 amide bonds. The first-order valence-electron chi connectivity index (χ1n) is 8.25. The third-order valence-electron chi connectivity index (χ3n) is 4.58. The standard InChI is InChI=1S/C17H19N5O3/c1-21-15-6-2-5-12(15)14(20-21)10-22(9-11-4-3-7-25-11)16(23)13-8-18-17(24)19-13/h3-4,7-8H,2,5-6,9-10H2,1H3,(H2,18,19,24). The Hall–Kier alpha value is -3.03. The Morgan fingerprint density at radius 1 is 1.40 bits per heavy atom. The molecule has 8 nitrogen and oxygen atoms in total. The van der Waals surface area contributed by atoms with Gasteiger partial charge in [-0.25, -0.2) is 4.79 Å². The quantitative estimate of drug-likeness (QED) is 0.732. The molecule has 0 radical (unpaired) electrons. The van der Waals surface area contributed by atoms with Crippen molar-refractivity contribution in [1.82, 2.24) is 24.6 Å². The number of nitrogens with zero attached hydrogens (tertiary/aromatic N) is 3. The molecule has 8 heteroatoms. The number of furan rings is 1. The second-order valence-electron chi connectivity index (χ2n) is 6.25. The summed E-state index contributed by atoms with van der Waals surface area (Å²) in [4.78, 5) is 30.8. The SMILES string of the molecule is Cn1nc(CN(Cc2ccco2)C(=O)c2c[nH]c(=O)[nH]2)c2c1CCC2. The number of hydrogen-bond acceptors (Lipinski definition) is 4. The van der Waals surface area contributed by atoms with Crippen molar-refractivity contribution in [2.24, 2.45) is 7.05 Å². The molecule has 3 aromatic heterocycles. The van der Waals surface area contributed by atoms with Gasteiger partial charge in [0.2, 0.25) is 0 Å². The van der Waals surface area contributed by atoms with E-state index >= 15 is 0 Å². The van der Waals surface area contributed by atoms with Crippen LogP contribution in [0.15, 0.2) is 33.8 Å². The van der Waals surface area contributed by atoms with Crippen LogP contribution in [0.25, 0.3) is 0 Å². The molecule has 0 unspecified atom stereocenters. The van der Waals surface area contributed by atoms with Crippen LogP contribution >= 0.6 is 0 Å². The maximum Gasteiger partial charge on any atom is 0.323 e. The van der Waals surface area contributed by atoms with E-state index in [0.717, 1.165) is 25.0 Å². The molecule has 2 N–H and O–H groups in total. The predicted molar refractivity (Wildman–Crippen MR) is 88.9 cm³/mol. The molecular weight excluding hydrogens is 322 g/mol. The first-order valence-corrected chi connectivity index (χ1v) is 8.25. The smallest absolute Gasteiger partial charge is 0.323 e. The van der Waals surface area contributed by atoms with Crippen LogP contribution < -0.4 is 5.69 Å². The second kappa shape index (κ2) is 6.12. The van der Waals surface area contributed by atoms with E-state index in [9.17, 15) is 9.59 Å². The van der Waals surface area contributed by atoms with Crippen LogP contribution in [-0.2, 0) is 33.0 Å². The van der Waals surface area contributed by atoms with E-state index in [1.807, 2.05) is 17.8 Å². The largest absolute Gasteiger partial charge is 0.467 e. The lowest BCUT2D eigenvalue weighted by molar-refractivity contribution is 0.0709. The monoisotopic (exact) mass is 341 g/mol. The van der Waals surface area contributed by atoms with Crippen molar-refractivity contribution in [3.05, 3.63) is 63.5 Å². The summed E-state index contributed by atoms with van der Waals surface area (Å²) in [7, 11) is 1.94. The zero-order chi connectivity index (χ0) is 17.4. The molecule has 0 saturated carbocycles. The summed E-state index contributed by atoms with van der Waals surface area (Å²) in [6.07, 6.45) is 6.10. The van der Waals surface area contributed by atoms with Gasteiger partial charge in [-0.2, -0.15) is 5.10 Å². The Balaban J connectivity index is 1.64. The topological polar surface area (TPSA) is 99.9 Å². The number of aromatic amines is 2. The molecule has 0 fully saturated rings. The third kappa shape index (κ3) is 2.90. The van der Waals surface area contributed by atoms with E-state index in [0.29, 0.717) is 18.8 Å². The molecule has 130 valence electrons. The van der Waals surface area contributed by atoms with Gasteiger partial charge in [-0.05, 0) is 37.0 Å². The minimum atomic E-state index is -0.403. The molecule has 3 aromatic rings. The number of carbonyl (C=O) groups excluding carboxylic acids is 1. The summed E-state index contributed by atoms with van der Waals surface area (Å²) in [6, 6.07) is 3.61. The van der Waals surface area contributed by atoms with Crippen LogP contribution in [0.3, 0.4) is 0 Å². The highest BCUT2D eigenvalue weighted by atomic mass is 16.3. The van der Waals surface area contributed by atoms with Gasteiger partial charge in [0.05, 0.1) is 25.0 Å². The molecule has 0 aliphatic heterocycles. The lowest BCUT2D eigenvalue weighted by atomic mass is 10.2. The van der Waals surface area contributed by atoms with Gasteiger partial charge in [0, 0.05) is 18.9 Å². The van der Waals surface area contributed by atoms with Gasteiger partial charge in [-0.1, -0.05) is 0 Å². The first-order chi connectivity index (χ1) is 12.1. The Kier molecular flexibility index (Phi) is 3.79. The van der Waals surface area contributed by atoms with E-state index in [2.05, 4.69) is 15.1 Å². The van der Waals surface area contributed by atoms with Gasteiger partial charge in [0.1, 0.15) is 11.5 Å². The van der Waals surface area contributed by atoms with Crippen LogP contribution in [0.4, 0.5) is 0 Å². The Labute approximate surface area is 143 Å². The minimum absolute atomic E-state index is 0.226. The summed E-state index contributed by atoms with van der Waals surface area (Å²) in [5.74, 6) is 0.408. The molecule has 3 heterocycles. The molecule has 1 aliphatic carbocycles. The zero-order valence-corrected chi connectivity index (χ0v) is 13.9. The molecule has 4 rings (SSSR count). The van der Waals surface area contributed by atoms with Gasteiger partial charge < -0.3 is 19.3 Å². The lowest BCUT2D eigenvalue weighted by Gasteiger charge is -2.20. The molecule has 0 atom stereocenters. The highest BCUT2D eigenvalue weighted by Crippen LogP contribution is 2.26. The van der Waals surface area contributed by atoms with Crippen molar-refractivity contribution in [3.63, 3.8) is 0 Å². The number of aromatic nitrogens is 4. The number of fused-ring (bicyclic) bond motifs is 1. The van der Waals surface area contributed by atoms with E-state index in [1.54, 1.807) is 17.2 Å². The van der Waals surface area contributed by atoms with Crippen molar-refractivity contribution in [2.75, 3.05) is 0 Å². The van der Waals surface area contributed by atoms with Gasteiger partial charge in [0.15, 0.2) is 0 Å². The molecule has 0 aromatic carbocycles. The maximum absolute atomic E-state index is 12.9. The van der Waals surface area contributed by atoms with Crippen LogP contribution in [-0.4, -0.2) is 30.6 Å². The highest BCUT2D eigenvalue weighted by Gasteiger charge is 2.25. The van der Waals surface area contributed by atoms with E-state index in [-0.39, 0.29) is 11.6 Å². The number of carbonyl (C=O) groups is 1. The van der Waals surface area contributed by atoms with Gasteiger partial charge in [0.25, 0.3) is 5.91 Å². The number of hydrogen-bond donors (Lipinski definition) is 2. The Bertz CT molecular complexity index is 948. The molecule has 25 heavy (non-hydrogen) atoms. The maximum atomic E-state index is 12.9. The van der Waals surface area contributed by atoms with Crippen LogP contribution in [0, 0.1) is 0 Å². The fourth-order valence-corrected chi connectivity index (χ4v) is 3.41. The molecule has 0 saturated heterocycles. The zero-order valence-electron chi connectivity index (χ0n) is 13.9. The second-order valence-corrected chi connectivity index (χ2v) is 6.25. The normalized spacial score (nSPS) is 13.2. The number of aryl methyl sites for hydroxylation is 1.